The second kappa shape index (κ2) is 13.3. The number of carbonyl (C=O) groups excluding carboxylic acids is 1. The number of alkyl halides is 6. The van der Waals surface area contributed by atoms with Gasteiger partial charge in [0.2, 0.25) is 5.60 Å². The minimum absolute atomic E-state index is 0.153. The predicted octanol–water partition coefficient (Wildman–Crippen LogP) is 8.05. The summed E-state index contributed by atoms with van der Waals surface area (Å²) in [5.41, 5.74) is -6.24. The van der Waals surface area contributed by atoms with Gasteiger partial charge >= 0.3 is 24.4 Å². The molecule has 274 valence electrons. The Morgan fingerprint density at radius 1 is 1.00 bits per heavy atom. The molecule has 2 aromatic rings. The van der Waals surface area contributed by atoms with Crippen LogP contribution in [0.3, 0.4) is 0 Å². The molecule has 0 aromatic heterocycles. The van der Waals surface area contributed by atoms with Crippen molar-refractivity contribution >= 4 is 41.8 Å². The first kappa shape index (κ1) is 39.9. The number of sulfonamides is 1. The first-order valence-corrected chi connectivity index (χ1v) is 19.3. The lowest BCUT2D eigenvalue weighted by atomic mass is 9.85. The average molecular weight is 743 g/mol. The average Bonchev–Trinajstić information content (AvgIpc) is 2.94. The molecule has 1 unspecified atom stereocenters. The van der Waals surface area contributed by atoms with Crippen LogP contribution in [0.25, 0.3) is 0 Å². The molecule has 49 heavy (non-hydrogen) atoms. The Hall–Kier alpha value is -3.51. The van der Waals surface area contributed by atoms with E-state index in [2.05, 4.69) is 10.1 Å². The zero-order valence-corrected chi connectivity index (χ0v) is 30.0. The third kappa shape index (κ3) is 8.99. The summed E-state index contributed by atoms with van der Waals surface area (Å²) in [4.78, 5) is 24.2. The summed E-state index contributed by atoms with van der Waals surface area (Å²) >= 11 is 0. The Morgan fingerprint density at radius 3 is 2.14 bits per heavy atom. The van der Waals surface area contributed by atoms with Crippen LogP contribution < -0.4 is 14.4 Å². The topological polar surface area (TPSA) is 131 Å². The van der Waals surface area contributed by atoms with Gasteiger partial charge < -0.3 is 19.0 Å². The smallest absolute Gasteiger partial charge is 0.427 e. The predicted molar refractivity (Wildman–Crippen MR) is 171 cm³/mol. The first-order chi connectivity index (χ1) is 22.0. The monoisotopic (exact) mass is 742 g/mol. The fourth-order valence-corrected chi connectivity index (χ4v) is 7.04. The van der Waals surface area contributed by atoms with E-state index in [1.165, 1.54) is 19.1 Å². The second-order valence-corrected chi connectivity index (χ2v) is 20.8. The third-order valence-electron chi connectivity index (χ3n) is 8.67. The van der Waals surface area contributed by atoms with E-state index in [9.17, 15) is 49.5 Å². The van der Waals surface area contributed by atoms with E-state index in [1.807, 2.05) is 33.9 Å². The maximum atomic E-state index is 14.0. The van der Waals surface area contributed by atoms with Gasteiger partial charge in [-0.1, -0.05) is 26.8 Å². The van der Waals surface area contributed by atoms with Crippen molar-refractivity contribution in [2.75, 3.05) is 22.8 Å². The van der Waals surface area contributed by atoms with Gasteiger partial charge in [0.15, 0.2) is 8.32 Å². The maximum Gasteiger partial charge on any atom is 0.427 e. The molecule has 0 saturated carbocycles. The van der Waals surface area contributed by atoms with Crippen LogP contribution in [0.1, 0.15) is 53.5 Å². The largest absolute Gasteiger partial charge is 0.486 e. The minimum atomic E-state index is -4.92. The Bertz CT molecular complexity index is 1670. The van der Waals surface area contributed by atoms with E-state index in [4.69, 9.17) is 9.16 Å². The first-order valence-electron chi connectivity index (χ1n) is 14.9. The molecule has 1 aliphatic rings. The van der Waals surface area contributed by atoms with Crippen LogP contribution in [0.4, 0.5) is 42.5 Å². The number of halogens is 6. The van der Waals surface area contributed by atoms with Gasteiger partial charge in [-0.3, -0.25) is 14.4 Å². The van der Waals surface area contributed by atoms with E-state index < -0.39 is 76.9 Å². The van der Waals surface area contributed by atoms with Crippen LogP contribution in [0.2, 0.25) is 18.1 Å². The van der Waals surface area contributed by atoms with Gasteiger partial charge in [-0.2, -0.15) is 26.3 Å². The molecule has 0 spiro atoms. The number of fused-ring (bicyclic) bond motifs is 1. The van der Waals surface area contributed by atoms with E-state index in [0.29, 0.717) is 30.3 Å². The van der Waals surface area contributed by atoms with E-state index in [-0.39, 0.29) is 35.2 Å². The quantitative estimate of drug-likeness (QED) is 0.185. The number of benzene rings is 2. The van der Waals surface area contributed by atoms with Crippen molar-refractivity contribution in [3.8, 4) is 5.75 Å². The highest BCUT2D eigenvalue weighted by molar-refractivity contribution is 7.92. The fraction of sp³-hybridized carbons (Fsp3) is 0.548. The fourth-order valence-electron chi connectivity index (χ4n) is 4.38. The summed E-state index contributed by atoms with van der Waals surface area (Å²) in [6.45, 7) is 11.6. The molecule has 0 aliphatic carbocycles. The lowest BCUT2D eigenvalue weighted by Crippen LogP contribution is -2.49. The van der Waals surface area contributed by atoms with Crippen LogP contribution >= 0.6 is 0 Å². The Morgan fingerprint density at radius 2 is 1.61 bits per heavy atom. The van der Waals surface area contributed by atoms with E-state index in [1.54, 1.807) is 0 Å². The number of amides is 1. The lowest BCUT2D eigenvalue weighted by molar-refractivity contribution is -0.242. The normalized spacial score (nSPS) is 17.4. The molecule has 2 aromatic carbocycles. The Kier molecular flexibility index (Phi) is 10.8. The van der Waals surface area contributed by atoms with Crippen molar-refractivity contribution < 1.29 is 63.4 Å². The number of aliphatic carboxylic acids is 1. The third-order valence-corrected chi connectivity index (χ3v) is 14.9. The molecule has 0 radical (unpaired) electrons. The van der Waals surface area contributed by atoms with Gasteiger partial charge in [-0.25, -0.2) is 13.2 Å². The van der Waals surface area contributed by atoms with Gasteiger partial charge in [-0.05, 0) is 75.3 Å². The Balaban J connectivity index is 2.06. The van der Waals surface area contributed by atoms with Crippen molar-refractivity contribution in [3.63, 3.8) is 0 Å². The summed E-state index contributed by atoms with van der Waals surface area (Å²) in [7, 11) is -7.27. The molecule has 1 amide bonds. The van der Waals surface area contributed by atoms with Crippen LogP contribution in [0.5, 0.6) is 5.75 Å². The number of rotatable bonds is 10. The standard InChI is InChI=1S/C31H40F6N2O8SSi/c1-27(2,3)49(7,8)45-18-29(6,25(40)41)16-21-17-39(48(43,44)22-11-9-10-19(14-22)30(32,33)34)23-15-20(12-13-24(23)46-21)38-26(42)47-28(4,5)31(35,36)37/h9-15,21H,16-18H2,1-8H3,(H,38,42)(H,40,41)/t21-,29?/m0/s1. The van der Waals surface area contributed by atoms with Gasteiger partial charge in [-0.15, -0.1) is 0 Å². The van der Waals surface area contributed by atoms with E-state index >= 15 is 0 Å². The van der Waals surface area contributed by atoms with Crippen molar-refractivity contribution in [3.05, 3.63) is 48.0 Å². The Labute approximate surface area is 281 Å². The van der Waals surface area contributed by atoms with Crippen molar-refractivity contribution in [2.45, 2.75) is 95.0 Å². The highest BCUT2D eigenvalue weighted by atomic mass is 32.2. The van der Waals surface area contributed by atoms with Crippen LogP contribution in [-0.2, 0) is 30.2 Å². The minimum Gasteiger partial charge on any atom is -0.486 e. The van der Waals surface area contributed by atoms with Gasteiger partial charge in [0.05, 0.1) is 28.1 Å². The van der Waals surface area contributed by atoms with E-state index in [0.717, 1.165) is 18.2 Å². The molecular weight excluding hydrogens is 702 g/mol. The number of anilines is 2. The molecule has 0 bridgehead atoms. The number of carboxylic acid groups (broad SMARTS) is 1. The lowest BCUT2D eigenvalue weighted by Gasteiger charge is -2.41. The van der Waals surface area contributed by atoms with Gasteiger partial charge in [0.25, 0.3) is 10.0 Å². The van der Waals surface area contributed by atoms with Crippen molar-refractivity contribution in [2.24, 2.45) is 5.41 Å². The highest BCUT2D eigenvalue weighted by Gasteiger charge is 2.51. The molecule has 2 N–H and O–H groups in total. The number of nitrogens with zero attached hydrogens (tertiary/aromatic N) is 1. The zero-order chi connectivity index (χ0) is 37.6. The summed E-state index contributed by atoms with van der Waals surface area (Å²) in [6.07, 6.45) is -12.8. The zero-order valence-electron chi connectivity index (χ0n) is 28.2. The number of hydrogen-bond donors (Lipinski definition) is 2. The second-order valence-electron chi connectivity index (χ2n) is 14.1. The molecule has 2 atom stereocenters. The highest BCUT2D eigenvalue weighted by Crippen LogP contribution is 2.43. The molecular formula is C31H40F6N2O8SSi. The molecule has 0 fully saturated rings. The van der Waals surface area contributed by atoms with Gasteiger partial charge in [0.1, 0.15) is 11.9 Å². The summed E-state index contributed by atoms with van der Waals surface area (Å²) < 4.78 is 126. The molecule has 18 heteroatoms. The summed E-state index contributed by atoms with van der Waals surface area (Å²) in [5, 5.41) is 12.1. The molecule has 10 nitrogen and oxygen atoms in total. The molecule has 3 rings (SSSR count). The number of carboxylic acids is 1. The SMILES string of the molecule is CC(CO[Si](C)(C)C(C)(C)C)(C[C@H]1CN(S(=O)(=O)c2cccc(C(F)(F)F)c2)c2cc(NC(=O)OC(C)(C)C(F)(F)F)ccc2O1)C(=O)O. The summed E-state index contributed by atoms with van der Waals surface area (Å²) in [5.74, 6) is -1.41. The van der Waals surface area contributed by atoms with Crippen LogP contribution in [0.15, 0.2) is 47.4 Å². The van der Waals surface area contributed by atoms with Gasteiger partial charge in [0, 0.05) is 18.7 Å². The molecule has 1 aliphatic heterocycles. The van der Waals surface area contributed by atoms with Crippen molar-refractivity contribution in [1.29, 1.82) is 0 Å². The molecule has 1 heterocycles. The number of nitrogens with one attached hydrogen (secondary N) is 1. The number of ether oxygens (including phenoxy) is 2. The van der Waals surface area contributed by atoms with Crippen LogP contribution in [-0.4, -0.2) is 64.9 Å². The number of hydrogen-bond acceptors (Lipinski definition) is 7. The number of carbonyl (C=O) groups is 2. The van der Waals surface area contributed by atoms with Crippen molar-refractivity contribution in [1.82, 2.24) is 0 Å². The molecule has 0 saturated heterocycles. The summed E-state index contributed by atoms with van der Waals surface area (Å²) in [6, 6.07) is 6.38. The van der Waals surface area contributed by atoms with Crippen LogP contribution in [0, 0.1) is 5.41 Å². The maximum absolute atomic E-state index is 14.0.